The van der Waals surface area contributed by atoms with E-state index in [4.69, 9.17) is 0 Å². The van der Waals surface area contributed by atoms with Crippen molar-refractivity contribution in [3.63, 3.8) is 0 Å². The van der Waals surface area contributed by atoms with E-state index in [0.29, 0.717) is 23.7 Å². The first-order valence-electron chi connectivity index (χ1n) is 7.12. The van der Waals surface area contributed by atoms with Gasteiger partial charge in [-0.05, 0) is 29.2 Å². The third-order valence-electron chi connectivity index (χ3n) is 3.88. The Morgan fingerprint density at radius 3 is 2.38 bits per heavy atom. The first kappa shape index (κ1) is 13.6. The number of Topliss-reactive ketones (excluding diaryl/α,β-unsaturated/α-hetero) is 1. The quantitative estimate of drug-likeness (QED) is 0.806. The fourth-order valence-corrected chi connectivity index (χ4v) is 2.82. The summed E-state index contributed by atoms with van der Waals surface area (Å²) in [6.07, 6.45) is 0. The van der Waals surface area contributed by atoms with Crippen LogP contribution in [0.5, 0.6) is 0 Å². The molecule has 3 rings (SSSR count). The molecule has 0 aliphatic carbocycles. The minimum Gasteiger partial charge on any atom is -0.300 e. The maximum Gasteiger partial charge on any atom is 0.299 e. The number of benzene rings is 2. The van der Waals surface area contributed by atoms with Gasteiger partial charge in [-0.1, -0.05) is 50.2 Å². The van der Waals surface area contributed by atoms with E-state index in [0.717, 1.165) is 5.56 Å². The molecule has 1 aliphatic heterocycles. The largest absolute Gasteiger partial charge is 0.300 e. The van der Waals surface area contributed by atoms with Gasteiger partial charge in [0.2, 0.25) is 0 Å². The number of fused-ring (bicyclic) bond motifs is 1. The van der Waals surface area contributed by atoms with Gasteiger partial charge in [0, 0.05) is 0 Å². The number of nitrogens with zero attached hydrogens (tertiary/aromatic N) is 1. The Kier molecular flexibility index (Phi) is 3.34. The summed E-state index contributed by atoms with van der Waals surface area (Å²) in [5.74, 6) is -0.466. The van der Waals surface area contributed by atoms with Crippen molar-refractivity contribution in [1.82, 2.24) is 0 Å². The highest BCUT2D eigenvalue weighted by atomic mass is 16.2. The lowest BCUT2D eigenvalue weighted by atomic mass is 9.97. The van der Waals surface area contributed by atoms with E-state index >= 15 is 0 Å². The second kappa shape index (κ2) is 5.17. The first-order chi connectivity index (χ1) is 10.1. The summed E-state index contributed by atoms with van der Waals surface area (Å²) in [4.78, 5) is 25.8. The van der Waals surface area contributed by atoms with Crippen molar-refractivity contribution >= 4 is 17.4 Å². The highest BCUT2D eigenvalue weighted by Crippen LogP contribution is 2.31. The lowest BCUT2D eigenvalue weighted by Crippen LogP contribution is -2.29. The number of carbonyl (C=O) groups excluding carboxylic acids is 2. The average molecular weight is 279 g/mol. The van der Waals surface area contributed by atoms with E-state index in [9.17, 15) is 9.59 Å². The molecule has 0 N–H and O–H groups in total. The van der Waals surface area contributed by atoms with Gasteiger partial charge in [-0.3, -0.25) is 9.59 Å². The van der Waals surface area contributed by atoms with E-state index in [1.165, 1.54) is 5.56 Å². The van der Waals surface area contributed by atoms with Gasteiger partial charge in [0.05, 0.1) is 17.8 Å². The van der Waals surface area contributed by atoms with Crippen LogP contribution in [0.1, 0.15) is 41.3 Å². The fraction of sp³-hybridized carbons (Fsp3) is 0.222. The molecule has 2 aromatic rings. The third-order valence-corrected chi connectivity index (χ3v) is 3.88. The molecule has 1 amide bonds. The molecule has 0 radical (unpaired) electrons. The zero-order valence-corrected chi connectivity index (χ0v) is 12.2. The van der Waals surface area contributed by atoms with Crippen LogP contribution >= 0.6 is 0 Å². The van der Waals surface area contributed by atoms with Crippen LogP contribution in [-0.4, -0.2) is 11.7 Å². The lowest BCUT2D eigenvalue weighted by molar-refractivity contribution is -0.114. The van der Waals surface area contributed by atoms with Crippen molar-refractivity contribution < 1.29 is 9.59 Å². The molecule has 0 atom stereocenters. The van der Waals surface area contributed by atoms with Crippen LogP contribution in [0.2, 0.25) is 0 Å². The molecule has 0 aromatic heterocycles. The summed E-state index contributed by atoms with van der Waals surface area (Å²) < 4.78 is 0. The molecule has 0 unspecified atom stereocenters. The van der Waals surface area contributed by atoms with Crippen molar-refractivity contribution in [3.8, 4) is 0 Å². The zero-order chi connectivity index (χ0) is 15.0. The summed E-state index contributed by atoms with van der Waals surface area (Å²) in [6.45, 7) is 4.70. The number of anilines is 1. The smallest absolute Gasteiger partial charge is 0.299 e. The van der Waals surface area contributed by atoms with Crippen LogP contribution < -0.4 is 4.90 Å². The number of rotatable bonds is 3. The maximum absolute atomic E-state index is 12.2. The number of ketones is 1. The summed E-state index contributed by atoms with van der Waals surface area (Å²) in [5.41, 5.74) is 3.52. The Labute approximate surface area is 124 Å². The van der Waals surface area contributed by atoms with Crippen LogP contribution in [0.4, 0.5) is 5.69 Å². The van der Waals surface area contributed by atoms with E-state index < -0.39 is 11.7 Å². The number of amides is 1. The molecular formula is C18H17NO2. The Balaban J connectivity index is 2.00. The average Bonchev–Trinajstić information content (AvgIpc) is 2.73. The highest BCUT2D eigenvalue weighted by Gasteiger charge is 2.35. The van der Waals surface area contributed by atoms with Gasteiger partial charge in [0.1, 0.15) is 0 Å². The molecule has 0 saturated heterocycles. The standard InChI is InChI=1S/C18H17NO2/c1-12(2)14-8-4-3-7-13(14)11-19-16-10-6-5-9-15(16)17(20)18(19)21/h3-10,12H,11H2,1-2H3. The SMILES string of the molecule is CC(C)c1ccccc1CN1C(=O)C(=O)c2ccccc21. The van der Waals surface area contributed by atoms with E-state index in [1.807, 2.05) is 30.3 Å². The van der Waals surface area contributed by atoms with Gasteiger partial charge >= 0.3 is 0 Å². The van der Waals surface area contributed by atoms with Crippen LogP contribution in [0.15, 0.2) is 48.5 Å². The number of hydrogen-bond acceptors (Lipinski definition) is 2. The van der Waals surface area contributed by atoms with Gasteiger partial charge in [0.15, 0.2) is 0 Å². The van der Waals surface area contributed by atoms with Gasteiger partial charge in [-0.2, -0.15) is 0 Å². The molecule has 1 heterocycles. The molecule has 1 aliphatic rings. The van der Waals surface area contributed by atoms with Crippen molar-refractivity contribution in [2.75, 3.05) is 4.90 Å². The van der Waals surface area contributed by atoms with Gasteiger partial charge in [-0.15, -0.1) is 0 Å². The summed E-state index contributed by atoms with van der Waals surface area (Å²) in [5, 5.41) is 0. The van der Waals surface area contributed by atoms with E-state index in [-0.39, 0.29) is 0 Å². The minimum absolute atomic E-state index is 0.379. The summed E-state index contributed by atoms with van der Waals surface area (Å²) in [6, 6.07) is 15.3. The summed E-state index contributed by atoms with van der Waals surface area (Å²) >= 11 is 0. The van der Waals surface area contributed by atoms with Crippen molar-refractivity contribution in [2.24, 2.45) is 0 Å². The Hall–Kier alpha value is -2.42. The Morgan fingerprint density at radius 1 is 0.952 bits per heavy atom. The number of para-hydroxylation sites is 1. The van der Waals surface area contributed by atoms with Gasteiger partial charge in [-0.25, -0.2) is 0 Å². The van der Waals surface area contributed by atoms with Crippen molar-refractivity contribution in [2.45, 2.75) is 26.3 Å². The molecule has 0 spiro atoms. The fourth-order valence-electron chi connectivity index (χ4n) is 2.82. The monoisotopic (exact) mass is 279 g/mol. The Morgan fingerprint density at radius 2 is 1.62 bits per heavy atom. The van der Waals surface area contributed by atoms with Crippen LogP contribution in [0.25, 0.3) is 0 Å². The second-order valence-corrected chi connectivity index (χ2v) is 5.59. The molecule has 2 aromatic carbocycles. The van der Waals surface area contributed by atoms with Crippen molar-refractivity contribution in [1.29, 1.82) is 0 Å². The first-order valence-corrected chi connectivity index (χ1v) is 7.12. The molecule has 3 nitrogen and oxygen atoms in total. The van der Waals surface area contributed by atoms with E-state index in [2.05, 4.69) is 19.9 Å². The minimum atomic E-state index is -0.435. The normalized spacial score (nSPS) is 14.0. The highest BCUT2D eigenvalue weighted by molar-refractivity contribution is 6.52. The third kappa shape index (κ3) is 2.25. The van der Waals surface area contributed by atoms with Gasteiger partial charge in [0.25, 0.3) is 11.7 Å². The predicted molar refractivity (Wildman–Crippen MR) is 82.5 cm³/mol. The molecular weight excluding hydrogens is 262 g/mol. The molecule has 0 saturated carbocycles. The number of carbonyl (C=O) groups is 2. The predicted octanol–water partition coefficient (Wildman–Crippen LogP) is 3.54. The molecule has 21 heavy (non-hydrogen) atoms. The topological polar surface area (TPSA) is 37.4 Å². The van der Waals surface area contributed by atoms with E-state index in [1.54, 1.807) is 17.0 Å². The van der Waals surface area contributed by atoms with Crippen LogP contribution in [0.3, 0.4) is 0 Å². The molecule has 0 bridgehead atoms. The van der Waals surface area contributed by atoms with Crippen LogP contribution in [-0.2, 0) is 11.3 Å². The maximum atomic E-state index is 12.2. The lowest BCUT2D eigenvalue weighted by Gasteiger charge is -2.20. The van der Waals surface area contributed by atoms with Crippen molar-refractivity contribution in [3.05, 3.63) is 65.2 Å². The summed E-state index contributed by atoms with van der Waals surface area (Å²) in [7, 11) is 0. The van der Waals surface area contributed by atoms with Gasteiger partial charge < -0.3 is 4.90 Å². The zero-order valence-electron chi connectivity index (χ0n) is 12.2. The Bertz CT molecular complexity index is 719. The second-order valence-electron chi connectivity index (χ2n) is 5.59. The molecule has 3 heteroatoms. The van der Waals surface area contributed by atoms with Crippen LogP contribution in [0, 0.1) is 0 Å². The molecule has 106 valence electrons. The molecule has 0 fully saturated rings. The number of hydrogen-bond donors (Lipinski definition) is 0.